The zero-order chi connectivity index (χ0) is 20.8. The molecule has 0 spiro atoms. The van der Waals surface area contributed by atoms with Gasteiger partial charge in [0.2, 0.25) is 5.91 Å². The van der Waals surface area contributed by atoms with Crippen LogP contribution in [0.25, 0.3) is 0 Å². The highest BCUT2D eigenvalue weighted by Crippen LogP contribution is 2.12. The number of carbonyl (C=O) groups excluding carboxylic acids is 2. The van der Waals surface area contributed by atoms with Crippen LogP contribution < -0.4 is 5.11 Å². The summed E-state index contributed by atoms with van der Waals surface area (Å²) in [5, 5.41) is 17.3. The molecule has 0 aromatic heterocycles. The number of carbonyl (C=O) groups is 3. The number of carboxylic acids is 2. The van der Waals surface area contributed by atoms with Gasteiger partial charge in [0.15, 0.2) is 0 Å². The maximum Gasteiger partial charge on any atom is 0.300 e. The summed E-state index contributed by atoms with van der Waals surface area (Å²) in [6, 6.07) is 0.612. The second kappa shape index (κ2) is 14.5. The van der Waals surface area contributed by atoms with Gasteiger partial charge in [0.25, 0.3) is 5.97 Å². The summed E-state index contributed by atoms with van der Waals surface area (Å²) in [6.07, 6.45) is 3.38. The van der Waals surface area contributed by atoms with Crippen LogP contribution in [-0.4, -0.2) is 72.1 Å². The van der Waals surface area contributed by atoms with Crippen LogP contribution in [0, 0.1) is 0 Å². The van der Waals surface area contributed by atoms with Crippen molar-refractivity contribution in [1.29, 1.82) is 0 Å². The predicted molar refractivity (Wildman–Crippen MR) is 97.8 cm³/mol. The lowest BCUT2D eigenvalue weighted by Gasteiger charge is -2.33. The van der Waals surface area contributed by atoms with Gasteiger partial charge in [0.05, 0.1) is 27.1 Å². The largest absolute Gasteiger partial charge is 0.544 e. The first-order valence-electron chi connectivity index (χ1n) is 8.37. The molecule has 0 aliphatic carbocycles. The molecule has 1 amide bonds. The first-order valence-corrected chi connectivity index (χ1v) is 8.37. The highest BCUT2D eigenvalue weighted by atomic mass is 16.4. The van der Waals surface area contributed by atoms with E-state index >= 15 is 0 Å². The van der Waals surface area contributed by atoms with Crippen molar-refractivity contribution in [3.8, 4) is 0 Å². The molecule has 0 bridgehead atoms. The maximum atomic E-state index is 11.5. The molecule has 0 aliphatic heterocycles. The summed E-state index contributed by atoms with van der Waals surface area (Å²) < 4.78 is 0.419. The van der Waals surface area contributed by atoms with Crippen molar-refractivity contribution in [3.63, 3.8) is 0 Å². The number of rotatable bonds is 7. The molecular formula is C18H36N2O5. The Hall–Kier alpha value is -1.89. The van der Waals surface area contributed by atoms with E-state index in [9.17, 15) is 14.7 Å². The van der Waals surface area contributed by atoms with Crippen LogP contribution in [0.5, 0.6) is 0 Å². The smallest absolute Gasteiger partial charge is 0.300 e. The highest BCUT2D eigenvalue weighted by molar-refractivity contribution is 5.87. The van der Waals surface area contributed by atoms with Gasteiger partial charge in [0.1, 0.15) is 6.54 Å². The van der Waals surface area contributed by atoms with Crippen molar-refractivity contribution in [2.75, 3.05) is 27.7 Å². The topological polar surface area (TPSA) is 97.7 Å². The number of carboxylic acid groups (broad SMARTS) is 2. The zero-order valence-electron chi connectivity index (χ0n) is 17.0. The molecule has 0 heterocycles. The summed E-state index contributed by atoms with van der Waals surface area (Å²) in [5.74, 6) is -1.79. The van der Waals surface area contributed by atoms with E-state index in [-0.39, 0.29) is 12.5 Å². The average Bonchev–Trinajstić information content (AvgIpc) is 2.44. The molecule has 0 fully saturated rings. The van der Waals surface area contributed by atoms with E-state index in [1.54, 1.807) is 21.1 Å². The minimum atomic E-state index is -1.00. The molecule has 148 valence electrons. The third-order valence-corrected chi connectivity index (χ3v) is 3.16. The Bertz CT molecular complexity index is 402. The van der Waals surface area contributed by atoms with Gasteiger partial charge in [-0.25, -0.2) is 0 Å². The van der Waals surface area contributed by atoms with E-state index in [1.165, 1.54) is 6.08 Å². The van der Waals surface area contributed by atoms with Crippen LogP contribution >= 0.6 is 0 Å². The highest BCUT2D eigenvalue weighted by Gasteiger charge is 2.20. The number of hydrogen-bond donors (Lipinski definition) is 1. The van der Waals surface area contributed by atoms with E-state index < -0.39 is 11.9 Å². The zero-order valence-corrected chi connectivity index (χ0v) is 17.0. The average molecular weight is 360 g/mol. The molecule has 0 radical (unpaired) electrons. The summed E-state index contributed by atoms with van der Waals surface area (Å²) in [5.41, 5.74) is 0. The molecule has 1 N–H and O–H groups in total. The van der Waals surface area contributed by atoms with E-state index in [0.29, 0.717) is 16.6 Å². The monoisotopic (exact) mass is 360 g/mol. The summed E-state index contributed by atoms with van der Waals surface area (Å²) in [4.78, 5) is 32.3. The number of amides is 1. The van der Waals surface area contributed by atoms with E-state index in [4.69, 9.17) is 9.90 Å². The van der Waals surface area contributed by atoms with E-state index in [1.807, 2.05) is 4.90 Å². The molecule has 0 aromatic carbocycles. The van der Waals surface area contributed by atoms with Crippen LogP contribution in [0.1, 0.15) is 47.5 Å². The van der Waals surface area contributed by atoms with Gasteiger partial charge in [-0.3, -0.25) is 9.59 Å². The molecule has 2 unspecified atom stereocenters. The van der Waals surface area contributed by atoms with Gasteiger partial charge in [-0.15, -0.1) is 0 Å². The first kappa shape index (κ1) is 27.9. The Kier molecular flexibility index (Phi) is 16.1. The second-order valence-electron chi connectivity index (χ2n) is 6.80. The molecule has 2 atom stereocenters. The third kappa shape index (κ3) is 20.1. The Balaban J connectivity index is -0.000000342. The standard InChI is InChI=1S/C11H21NO.C5H11NO2.C2H4O2/c1-6-9(4)12(10(5)7-2)11(13)8-3;1-6(2,3)4-5(7)8;1-2(3)4/h8-10H,3,6-7H2,1-2,4-5H3;4H2,1-3H3;1H3,(H,3,4). The van der Waals surface area contributed by atoms with Crippen molar-refractivity contribution in [1.82, 2.24) is 4.90 Å². The maximum absolute atomic E-state index is 11.5. The summed E-state index contributed by atoms with van der Waals surface area (Å²) >= 11 is 0. The van der Waals surface area contributed by atoms with Gasteiger partial charge >= 0.3 is 0 Å². The molecule has 25 heavy (non-hydrogen) atoms. The number of hydrogen-bond acceptors (Lipinski definition) is 4. The lowest BCUT2D eigenvalue weighted by atomic mass is 10.1. The van der Waals surface area contributed by atoms with Gasteiger partial charge in [0, 0.05) is 19.0 Å². The van der Waals surface area contributed by atoms with Crippen LogP contribution in [0.4, 0.5) is 0 Å². The fourth-order valence-electron chi connectivity index (χ4n) is 1.75. The second-order valence-corrected chi connectivity index (χ2v) is 6.80. The molecule has 0 saturated carbocycles. The van der Waals surface area contributed by atoms with Crippen molar-refractivity contribution in [3.05, 3.63) is 12.7 Å². The van der Waals surface area contributed by atoms with Crippen LogP contribution in [0.3, 0.4) is 0 Å². The Morgan fingerprint density at radius 1 is 1.12 bits per heavy atom. The van der Waals surface area contributed by atoms with Crippen molar-refractivity contribution >= 4 is 17.8 Å². The van der Waals surface area contributed by atoms with Crippen LogP contribution in [-0.2, 0) is 14.4 Å². The Morgan fingerprint density at radius 2 is 1.44 bits per heavy atom. The SMILES string of the molecule is C=CC(=O)N(C(C)CC)C(C)CC.CC(=O)O.C[N+](C)(C)CC(=O)[O-]. The molecule has 7 heteroatoms. The molecular weight excluding hydrogens is 324 g/mol. The number of likely N-dealkylation sites (N-methyl/N-ethyl adjacent to an activating group) is 1. The number of aliphatic carboxylic acids is 2. The molecule has 0 saturated heterocycles. The van der Waals surface area contributed by atoms with Crippen molar-refractivity contribution in [2.24, 2.45) is 0 Å². The third-order valence-electron chi connectivity index (χ3n) is 3.16. The van der Waals surface area contributed by atoms with Crippen molar-refractivity contribution in [2.45, 2.75) is 59.5 Å². The predicted octanol–water partition coefficient (Wildman–Crippen LogP) is 1.13. The minimum Gasteiger partial charge on any atom is -0.544 e. The molecule has 0 aromatic rings. The lowest BCUT2D eigenvalue weighted by molar-refractivity contribution is -0.864. The molecule has 7 nitrogen and oxygen atoms in total. The van der Waals surface area contributed by atoms with Gasteiger partial charge in [-0.05, 0) is 32.8 Å². The van der Waals surface area contributed by atoms with E-state index in [2.05, 4.69) is 34.3 Å². The summed E-state index contributed by atoms with van der Waals surface area (Å²) in [6.45, 7) is 13.0. The normalized spacial score (nSPS) is 12.3. The lowest BCUT2D eigenvalue weighted by Crippen LogP contribution is -2.45. The van der Waals surface area contributed by atoms with Crippen molar-refractivity contribution < 1.29 is 29.1 Å². The van der Waals surface area contributed by atoms with Crippen LogP contribution in [0.15, 0.2) is 12.7 Å². The van der Waals surface area contributed by atoms with Crippen LogP contribution in [0.2, 0.25) is 0 Å². The van der Waals surface area contributed by atoms with Gasteiger partial charge in [-0.2, -0.15) is 0 Å². The number of quaternary nitrogens is 1. The van der Waals surface area contributed by atoms with E-state index in [0.717, 1.165) is 19.8 Å². The fraction of sp³-hybridized carbons (Fsp3) is 0.722. The Morgan fingerprint density at radius 3 is 1.56 bits per heavy atom. The minimum absolute atomic E-state index is 0.0451. The molecule has 0 aliphatic rings. The first-order chi connectivity index (χ1) is 11.2. The van der Waals surface area contributed by atoms with Gasteiger partial charge in [-0.1, -0.05) is 20.4 Å². The fourth-order valence-corrected chi connectivity index (χ4v) is 1.75. The Labute approximate surface area is 152 Å². The summed E-state index contributed by atoms with van der Waals surface area (Å²) in [7, 11) is 5.40. The quantitative estimate of drug-likeness (QED) is 0.542. The molecule has 0 rings (SSSR count). The number of nitrogens with zero attached hydrogens (tertiary/aromatic N) is 2. The van der Waals surface area contributed by atoms with Gasteiger partial charge < -0.3 is 24.4 Å².